The smallest absolute Gasteiger partial charge is 0.146 e. The summed E-state index contributed by atoms with van der Waals surface area (Å²) in [6, 6.07) is 0. The summed E-state index contributed by atoms with van der Waals surface area (Å²) in [6.45, 7) is 97.6. The van der Waals surface area contributed by atoms with Gasteiger partial charge in [0.2, 0.25) is 0 Å². The van der Waals surface area contributed by atoms with Crippen molar-refractivity contribution >= 4 is 22.9 Å². The first-order valence-electron chi connectivity index (χ1n) is 41.4. The van der Waals surface area contributed by atoms with E-state index >= 15 is 0 Å². The molecule has 108 heavy (non-hydrogen) atoms. The first-order valence-corrected chi connectivity index (χ1v) is 43.1. The third-order valence-electron chi connectivity index (χ3n) is 24.3. The predicted octanol–water partition coefficient (Wildman–Crippen LogP) is 28.6. The lowest BCUT2D eigenvalue weighted by Gasteiger charge is -2.23. The normalized spacial score (nSPS) is 22.0. The van der Waals surface area contributed by atoms with Gasteiger partial charge in [0.25, 0.3) is 0 Å². The zero-order valence-corrected chi connectivity index (χ0v) is 79.0. The number of hydrogen-bond acceptors (Lipinski definition) is 11. The van der Waals surface area contributed by atoms with Gasteiger partial charge in [0.1, 0.15) is 17.3 Å². The van der Waals surface area contributed by atoms with E-state index in [1.165, 1.54) is 98.4 Å². The molecule has 8 heterocycles. The molecule has 2 N–H and O–H groups in total. The largest absolute Gasteiger partial charge is 0.472 e. The van der Waals surface area contributed by atoms with Crippen LogP contribution in [0.3, 0.4) is 0 Å². The topological polar surface area (TPSA) is 149 Å². The van der Waals surface area contributed by atoms with Gasteiger partial charge in [-0.2, -0.15) is 20.8 Å². The molecule has 11 nitrogen and oxygen atoms in total. The molecule has 0 unspecified atom stereocenters. The molecule has 8 aliphatic carbocycles. The second-order valence-corrected chi connectivity index (χ2v) is 44.0. The van der Waals surface area contributed by atoms with Crippen LogP contribution in [0.5, 0.6) is 0 Å². The molecule has 8 aromatic rings. The SMILES string of the molecule is CC.CC.CC.CC.CC1(C)CC(C)(C)c2[nH]ncc21.CC1(C)CC(C)(C)c2c[nH]cc21.CC1(C)CC(C)(C)c2cocc21.CC1(C)CC(C)(C)c2cscc21.Cc1noc2c1C(C)(C)CC2(C)C.Cc1onc2c1C(C)(C)CC2(C)C.Cc1onc2c1C(C)(C)CC2(C)C.Cc1snc2c1C(C)(C)CC2(C)C. The lowest BCUT2D eigenvalue weighted by molar-refractivity contribution is 0.299. The van der Waals surface area contributed by atoms with Crippen molar-refractivity contribution in [1.29, 1.82) is 0 Å². The summed E-state index contributed by atoms with van der Waals surface area (Å²) in [5.41, 5.74) is 26.4. The van der Waals surface area contributed by atoms with Gasteiger partial charge in [0, 0.05) is 66.7 Å². The summed E-state index contributed by atoms with van der Waals surface area (Å²) in [7, 11) is 0. The number of aromatic amines is 2. The number of nitrogens with zero attached hydrogens (tertiary/aromatic N) is 5. The molecule has 8 aromatic heterocycles. The number of aromatic nitrogens is 7. The van der Waals surface area contributed by atoms with Crippen LogP contribution in [0.1, 0.15) is 440 Å². The van der Waals surface area contributed by atoms with Gasteiger partial charge in [-0.05, 0) is 205 Å². The van der Waals surface area contributed by atoms with Gasteiger partial charge in [0.15, 0.2) is 0 Å². The van der Waals surface area contributed by atoms with E-state index in [0.717, 1.165) is 53.6 Å². The molecule has 0 saturated heterocycles. The number of thiophene rings is 1. The highest BCUT2D eigenvalue weighted by atomic mass is 32.1. The second-order valence-electron chi connectivity index (χ2n) is 42.3. The van der Waals surface area contributed by atoms with Crippen LogP contribution in [-0.4, -0.2) is 35.0 Å². The molecule has 0 aromatic carbocycles. The first kappa shape index (κ1) is 93.3. The van der Waals surface area contributed by atoms with Crippen molar-refractivity contribution in [2.24, 2.45) is 0 Å². The highest BCUT2D eigenvalue weighted by Gasteiger charge is 2.52. The van der Waals surface area contributed by atoms with Gasteiger partial charge in [-0.15, -0.1) is 0 Å². The van der Waals surface area contributed by atoms with Crippen LogP contribution >= 0.6 is 22.9 Å². The average Bonchev–Trinajstić information content (AvgIpc) is 1.58. The average molecular weight is 1530 g/mol. The Kier molecular flexibility index (Phi) is 27.9. The quantitative estimate of drug-likeness (QED) is 0.151. The van der Waals surface area contributed by atoms with Gasteiger partial charge in [-0.25, -0.2) is 0 Å². The van der Waals surface area contributed by atoms with E-state index in [1.807, 2.05) is 106 Å². The number of fused-ring (bicyclic) bond motifs is 8. The highest BCUT2D eigenvalue weighted by molar-refractivity contribution is 7.08. The minimum Gasteiger partial charge on any atom is -0.472 e. The van der Waals surface area contributed by atoms with Crippen LogP contribution in [0.15, 0.2) is 59.9 Å². The number of hydrogen-bond donors (Lipinski definition) is 2. The molecule has 0 fully saturated rings. The Morgan fingerprint density at radius 1 is 0.324 bits per heavy atom. The standard InChI is InChI=1S/3C11H17NO.C11H17NS.C11H17N.C11H16O.C11H16S.C10H16N2.4C2H6/c2*1-7-8-9(12-13-7)11(4,5)6-10(8,2)3;1-7-8-9(13-12-7)11(4,5)6-10(8,2)3;1-7-8-9(12-13-7)11(4,5)6-10(8,2)3;3*1-10(2)7-11(3,4)9-6-12-5-8(9)10;1-9(2)6-10(3,4)8-7(9)5-11-12-8;4*1-2/h4*6H2,1-5H3;5-6,12H,7H2,1-4H3;2*5-6H,7H2,1-4H3;5H,6H2,1-4H3,(H,11,12);4*1-2H3. The Morgan fingerprint density at radius 2 is 0.648 bits per heavy atom. The van der Waals surface area contributed by atoms with Gasteiger partial charge in [0.05, 0.1) is 41.5 Å². The van der Waals surface area contributed by atoms with Crippen molar-refractivity contribution < 1.29 is 18.0 Å². The van der Waals surface area contributed by atoms with Crippen LogP contribution in [0.4, 0.5) is 0 Å². The number of aryl methyl sites for hydroxylation is 4. The van der Waals surface area contributed by atoms with Crippen molar-refractivity contribution in [2.75, 3.05) is 0 Å². The molecular weight excluding hydrogens is 1370 g/mol. The third kappa shape index (κ3) is 18.8. The summed E-state index contributed by atoms with van der Waals surface area (Å²) in [5, 5.41) is 24.3. The monoisotopic (exact) mass is 1520 g/mol. The molecule has 16 rings (SSSR count). The van der Waals surface area contributed by atoms with E-state index in [1.54, 1.807) is 22.7 Å². The predicted molar refractivity (Wildman–Crippen MR) is 464 cm³/mol. The molecule has 0 saturated carbocycles. The third-order valence-corrected chi connectivity index (χ3v) is 25.8. The van der Waals surface area contributed by atoms with Gasteiger partial charge < -0.3 is 23.0 Å². The fraction of sp³-hybridized carbons (Fsp3) is 0.716. The van der Waals surface area contributed by atoms with E-state index in [9.17, 15) is 0 Å². The zero-order chi connectivity index (χ0) is 83.3. The lowest BCUT2D eigenvalue weighted by Crippen LogP contribution is -2.19. The van der Waals surface area contributed by atoms with Crippen LogP contribution < -0.4 is 0 Å². The Hall–Kier alpha value is -5.27. The molecule has 0 spiro atoms. The second kappa shape index (κ2) is 32.3. The Balaban J connectivity index is 0.000000218. The molecule has 8 aliphatic rings. The Labute approximate surface area is 668 Å². The van der Waals surface area contributed by atoms with E-state index in [-0.39, 0.29) is 43.3 Å². The van der Waals surface area contributed by atoms with E-state index in [0.29, 0.717) is 43.3 Å². The first-order chi connectivity index (χ1) is 49.1. The molecular formula is C95H157N7O4S2. The fourth-order valence-electron chi connectivity index (χ4n) is 22.3. The lowest BCUT2D eigenvalue weighted by atomic mass is 9.82. The highest BCUT2D eigenvalue weighted by Crippen LogP contribution is 2.57. The maximum absolute atomic E-state index is 5.41. The van der Waals surface area contributed by atoms with Crippen molar-refractivity contribution in [3.8, 4) is 0 Å². The van der Waals surface area contributed by atoms with Gasteiger partial charge in [-0.1, -0.05) is 292 Å². The number of nitrogens with one attached hydrogen (secondary N) is 2. The maximum Gasteiger partial charge on any atom is 0.146 e. The van der Waals surface area contributed by atoms with Crippen LogP contribution in [-0.2, 0) is 86.6 Å². The minimum absolute atomic E-state index is 0.153. The van der Waals surface area contributed by atoms with Crippen LogP contribution in [0, 0.1) is 27.7 Å². The van der Waals surface area contributed by atoms with Crippen molar-refractivity contribution in [3.63, 3.8) is 0 Å². The molecule has 0 bridgehead atoms. The number of H-pyrrole nitrogens is 2. The van der Waals surface area contributed by atoms with Crippen LogP contribution in [0.2, 0.25) is 0 Å². The Bertz CT molecular complexity index is 3580. The summed E-state index contributed by atoms with van der Waals surface area (Å²) in [4.78, 5) is 4.62. The fourth-order valence-corrected chi connectivity index (χ4v) is 24.6. The maximum atomic E-state index is 5.41. The van der Waals surface area contributed by atoms with E-state index in [2.05, 4.69) is 287 Å². The number of furan rings is 1. The van der Waals surface area contributed by atoms with Crippen molar-refractivity contribution in [1.82, 2.24) is 35.0 Å². The van der Waals surface area contributed by atoms with Crippen LogP contribution in [0.25, 0.3) is 0 Å². The molecule has 13 heteroatoms. The molecule has 608 valence electrons. The summed E-state index contributed by atoms with van der Waals surface area (Å²) in [5.74, 6) is 3.08. The Morgan fingerprint density at radius 3 is 1.02 bits per heavy atom. The van der Waals surface area contributed by atoms with Gasteiger partial charge >= 0.3 is 0 Å². The molecule has 0 amide bonds. The van der Waals surface area contributed by atoms with Crippen molar-refractivity contribution in [2.45, 2.75) is 443 Å². The summed E-state index contributed by atoms with van der Waals surface area (Å²) >= 11 is 3.51. The summed E-state index contributed by atoms with van der Waals surface area (Å²) < 4.78 is 25.8. The molecule has 0 atom stereocenters. The minimum atomic E-state index is 0.153. The van der Waals surface area contributed by atoms with E-state index in [4.69, 9.17) is 18.0 Å². The van der Waals surface area contributed by atoms with Gasteiger partial charge in [-0.3, -0.25) is 5.10 Å². The molecule has 0 radical (unpaired) electrons. The van der Waals surface area contributed by atoms with Crippen molar-refractivity contribution in [3.05, 3.63) is 154 Å². The zero-order valence-electron chi connectivity index (χ0n) is 77.4. The molecule has 0 aliphatic heterocycles. The number of rotatable bonds is 0. The van der Waals surface area contributed by atoms with E-state index < -0.39 is 0 Å². The summed E-state index contributed by atoms with van der Waals surface area (Å²) in [6.07, 6.45) is 19.8.